The number of hydrogen-bond acceptors (Lipinski definition) is 5. The summed E-state index contributed by atoms with van der Waals surface area (Å²) in [5.41, 5.74) is 5.13. The van der Waals surface area contributed by atoms with E-state index in [9.17, 15) is 26.4 Å². The van der Waals surface area contributed by atoms with Crippen LogP contribution >= 0.6 is 0 Å². The topological polar surface area (TPSA) is 106 Å². The number of amides is 1. The third-order valence-corrected chi connectivity index (χ3v) is 7.00. The van der Waals surface area contributed by atoms with Crippen LogP contribution in [0.5, 0.6) is 0 Å². The fraction of sp³-hybridized carbons (Fsp3) is 0.292. The lowest BCUT2D eigenvalue weighted by atomic mass is 10.1. The zero-order valence-electron chi connectivity index (χ0n) is 19.5. The molecule has 0 aliphatic carbocycles. The normalized spacial score (nSPS) is 12.4. The largest absolute Gasteiger partial charge is 0.416 e. The number of rotatable bonds is 8. The number of alkyl halides is 3. The summed E-state index contributed by atoms with van der Waals surface area (Å²) >= 11 is 0. The lowest BCUT2D eigenvalue weighted by Crippen LogP contribution is -2.39. The number of nitrogens with two attached hydrogens (primary N) is 1. The maximum Gasteiger partial charge on any atom is 0.416 e. The van der Waals surface area contributed by atoms with Gasteiger partial charge in [-0.25, -0.2) is 8.42 Å². The third kappa shape index (κ3) is 6.04. The van der Waals surface area contributed by atoms with E-state index in [1.165, 1.54) is 42.1 Å². The SMILES string of the molecule is CNC(=O)c1c(NCC(C)(C)N)cn(Cc2ccc(C(F)(F)F)cc2)c1S(=O)(=O)c1ccccc1. The molecular formula is C24H27F3N4O3S. The van der Waals surface area contributed by atoms with Crippen LogP contribution in [0.2, 0.25) is 0 Å². The number of aromatic nitrogens is 1. The van der Waals surface area contributed by atoms with E-state index in [1.54, 1.807) is 32.0 Å². The van der Waals surface area contributed by atoms with Gasteiger partial charge in [-0.2, -0.15) is 13.2 Å². The Morgan fingerprint density at radius 1 is 1.03 bits per heavy atom. The molecule has 1 amide bonds. The number of anilines is 1. The Morgan fingerprint density at radius 3 is 2.14 bits per heavy atom. The van der Waals surface area contributed by atoms with Crippen LogP contribution in [0.1, 0.15) is 35.3 Å². The van der Waals surface area contributed by atoms with E-state index < -0.39 is 33.0 Å². The predicted molar refractivity (Wildman–Crippen MR) is 127 cm³/mol. The van der Waals surface area contributed by atoms with Crippen LogP contribution in [0.25, 0.3) is 0 Å². The first-order valence-corrected chi connectivity index (χ1v) is 12.2. The minimum atomic E-state index is -4.49. The first-order chi connectivity index (χ1) is 16.2. The second-order valence-electron chi connectivity index (χ2n) is 8.78. The van der Waals surface area contributed by atoms with Gasteiger partial charge in [0.15, 0.2) is 5.03 Å². The molecule has 0 bridgehead atoms. The lowest BCUT2D eigenvalue weighted by Gasteiger charge is -2.19. The van der Waals surface area contributed by atoms with Gasteiger partial charge in [0.05, 0.1) is 21.7 Å². The van der Waals surface area contributed by atoms with Crippen LogP contribution in [0.4, 0.5) is 18.9 Å². The zero-order valence-corrected chi connectivity index (χ0v) is 20.3. The molecule has 1 heterocycles. The van der Waals surface area contributed by atoms with Crippen LogP contribution in [0.3, 0.4) is 0 Å². The van der Waals surface area contributed by atoms with Crippen molar-refractivity contribution in [3.05, 3.63) is 77.5 Å². The van der Waals surface area contributed by atoms with E-state index in [4.69, 9.17) is 5.73 Å². The molecule has 0 aliphatic heterocycles. The van der Waals surface area contributed by atoms with Gasteiger partial charge in [-0.1, -0.05) is 30.3 Å². The molecule has 2 aromatic carbocycles. The zero-order chi connectivity index (χ0) is 26.0. The number of sulfone groups is 1. The molecule has 0 aliphatic rings. The maximum atomic E-state index is 13.7. The molecule has 0 fully saturated rings. The highest BCUT2D eigenvalue weighted by Gasteiger charge is 2.33. The molecular weight excluding hydrogens is 481 g/mol. The molecule has 3 aromatic rings. The summed E-state index contributed by atoms with van der Waals surface area (Å²) in [5, 5.41) is 5.24. The first kappa shape index (κ1) is 26.3. The Morgan fingerprint density at radius 2 is 1.63 bits per heavy atom. The number of nitrogens with one attached hydrogen (secondary N) is 2. The van der Waals surface area contributed by atoms with E-state index in [0.717, 1.165) is 12.1 Å². The van der Waals surface area contributed by atoms with Crippen molar-refractivity contribution in [1.82, 2.24) is 9.88 Å². The van der Waals surface area contributed by atoms with Crippen LogP contribution in [0, 0.1) is 0 Å². The molecule has 35 heavy (non-hydrogen) atoms. The van der Waals surface area contributed by atoms with E-state index in [1.807, 2.05) is 0 Å². The average Bonchev–Trinajstić information content (AvgIpc) is 3.16. The van der Waals surface area contributed by atoms with E-state index >= 15 is 0 Å². The fourth-order valence-corrected chi connectivity index (χ4v) is 5.09. The summed E-state index contributed by atoms with van der Waals surface area (Å²) in [6.45, 7) is 3.67. The van der Waals surface area contributed by atoms with Crippen molar-refractivity contribution in [1.29, 1.82) is 0 Å². The smallest absolute Gasteiger partial charge is 0.381 e. The Labute approximate surface area is 202 Å². The number of halogens is 3. The van der Waals surface area contributed by atoms with Gasteiger partial charge in [-0.05, 0) is 43.7 Å². The molecule has 11 heteroatoms. The summed E-state index contributed by atoms with van der Waals surface area (Å²) in [4.78, 5) is 12.9. The number of carbonyl (C=O) groups excluding carboxylic acids is 1. The lowest BCUT2D eigenvalue weighted by molar-refractivity contribution is -0.137. The van der Waals surface area contributed by atoms with Crippen molar-refractivity contribution in [2.45, 2.75) is 42.0 Å². The van der Waals surface area contributed by atoms with E-state index in [0.29, 0.717) is 5.56 Å². The summed E-state index contributed by atoms with van der Waals surface area (Å²) < 4.78 is 67.6. The summed E-state index contributed by atoms with van der Waals surface area (Å²) in [6, 6.07) is 12.0. The number of nitrogens with zero attached hydrogens (tertiary/aromatic N) is 1. The average molecular weight is 509 g/mol. The van der Waals surface area contributed by atoms with Crippen molar-refractivity contribution >= 4 is 21.4 Å². The van der Waals surface area contributed by atoms with Gasteiger partial charge in [-0.3, -0.25) is 4.79 Å². The van der Waals surface area contributed by atoms with Crippen molar-refractivity contribution in [3.63, 3.8) is 0 Å². The molecule has 0 spiro atoms. The van der Waals surface area contributed by atoms with Crippen LogP contribution in [0.15, 0.2) is 70.7 Å². The summed E-state index contributed by atoms with van der Waals surface area (Å²) in [5.74, 6) is -0.636. The summed E-state index contributed by atoms with van der Waals surface area (Å²) in [7, 11) is -2.81. The third-order valence-electron chi connectivity index (χ3n) is 5.16. The van der Waals surface area contributed by atoms with Gasteiger partial charge in [0.2, 0.25) is 9.84 Å². The fourth-order valence-electron chi connectivity index (χ4n) is 3.45. The quantitative estimate of drug-likeness (QED) is 0.428. The molecule has 7 nitrogen and oxygen atoms in total. The highest BCUT2D eigenvalue weighted by molar-refractivity contribution is 7.91. The predicted octanol–water partition coefficient (Wildman–Crippen LogP) is 3.90. The van der Waals surface area contributed by atoms with Gasteiger partial charge in [-0.15, -0.1) is 0 Å². The molecule has 0 saturated carbocycles. The van der Waals surface area contributed by atoms with Gasteiger partial charge in [0.25, 0.3) is 5.91 Å². The van der Waals surface area contributed by atoms with Gasteiger partial charge in [0.1, 0.15) is 0 Å². The molecule has 0 radical (unpaired) electrons. The van der Waals surface area contributed by atoms with Crippen LogP contribution < -0.4 is 16.4 Å². The molecule has 4 N–H and O–H groups in total. The number of hydrogen-bond donors (Lipinski definition) is 3. The van der Waals surface area contributed by atoms with E-state index in [2.05, 4.69) is 10.6 Å². The second kappa shape index (κ2) is 9.74. The highest BCUT2D eigenvalue weighted by Crippen LogP contribution is 2.33. The maximum absolute atomic E-state index is 13.7. The van der Waals surface area contributed by atoms with Gasteiger partial charge >= 0.3 is 6.18 Å². The number of benzene rings is 2. The molecule has 3 rings (SSSR count). The molecule has 188 valence electrons. The van der Waals surface area contributed by atoms with Crippen molar-refractivity contribution < 1.29 is 26.4 Å². The number of carbonyl (C=O) groups is 1. The Hall–Kier alpha value is -3.31. The van der Waals surface area contributed by atoms with Crippen LogP contribution in [-0.2, 0) is 22.6 Å². The molecule has 1 aromatic heterocycles. The molecule has 0 unspecified atom stereocenters. The van der Waals surface area contributed by atoms with Crippen LogP contribution in [-0.4, -0.2) is 38.0 Å². The van der Waals surface area contributed by atoms with Crippen molar-refractivity contribution in [3.8, 4) is 0 Å². The summed E-state index contributed by atoms with van der Waals surface area (Å²) in [6.07, 6.45) is -3.03. The highest BCUT2D eigenvalue weighted by atomic mass is 32.2. The van der Waals surface area contributed by atoms with Crippen molar-refractivity contribution in [2.24, 2.45) is 5.73 Å². The molecule has 0 atom stereocenters. The van der Waals surface area contributed by atoms with Crippen molar-refractivity contribution in [2.75, 3.05) is 18.9 Å². The van der Waals surface area contributed by atoms with Gasteiger partial charge < -0.3 is 20.9 Å². The monoisotopic (exact) mass is 508 g/mol. The van der Waals surface area contributed by atoms with E-state index in [-0.39, 0.29) is 34.3 Å². The minimum Gasteiger partial charge on any atom is -0.381 e. The Balaban J connectivity index is 2.19. The first-order valence-electron chi connectivity index (χ1n) is 10.7. The Kier molecular flexibility index (Phi) is 7.32. The standard InChI is InChI=1S/C24H27F3N4O3S/c1-23(2,28)15-30-19-14-31(13-16-9-11-17(12-10-16)24(25,26)27)22(20(19)21(32)29-3)35(33,34)18-7-5-4-6-8-18/h4-12,14,30H,13,15,28H2,1-3H3,(H,29,32). The second-order valence-corrected chi connectivity index (χ2v) is 10.6. The molecule has 0 saturated heterocycles. The minimum absolute atomic E-state index is 0.0253. The van der Waals surface area contributed by atoms with Gasteiger partial charge in [0, 0.05) is 31.9 Å². The Bertz CT molecular complexity index is 1290.